The summed E-state index contributed by atoms with van der Waals surface area (Å²) in [7, 11) is 0. The normalized spacial score (nSPS) is 16.6. The quantitative estimate of drug-likeness (QED) is 0.231. The van der Waals surface area contributed by atoms with Gasteiger partial charge in [-0.05, 0) is 99.1 Å². The highest BCUT2D eigenvalue weighted by Gasteiger charge is 2.25. The minimum atomic E-state index is -0.763. The molecule has 2 aliphatic carbocycles. The summed E-state index contributed by atoms with van der Waals surface area (Å²) in [5.74, 6) is 2.71. The SMILES string of the molecule is C=N/C=C(\C)C(C)(C)O.CC.CC1Cc2cc3c(c(N)c2C1)CCC3.CCSC/N=C/N. The van der Waals surface area contributed by atoms with E-state index in [2.05, 4.69) is 36.6 Å². The number of aliphatic hydroxyl groups is 1. The first kappa shape index (κ1) is 30.2. The summed E-state index contributed by atoms with van der Waals surface area (Å²) >= 11 is 1.75. The molecule has 32 heavy (non-hydrogen) atoms. The first-order valence-corrected chi connectivity index (χ1v) is 12.9. The van der Waals surface area contributed by atoms with Gasteiger partial charge >= 0.3 is 0 Å². The van der Waals surface area contributed by atoms with E-state index in [1.807, 2.05) is 20.8 Å². The van der Waals surface area contributed by atoms with E-state index in [1.165, 1.54) is 60.7 Å². The fraction of sp³-hybridized carbons (Fsp3) is 0.615. The Bertz CT molecular complexity index is 751. The molecule has 0 spiro atoms. The van der Waals surface area contributed by atoms with Gasteiger partial charge in [0.25, 0.3) is 0 Å². The second-order valence-corrected chi connectivity index (χ2v) is 9.68. The van der Waals surface area contributed by atoms with Crippen LogP contribution < -0.4 is 11.5 Å². The Morgan fingerprint density at radius 3 is 2.41 bits per heavy atom. The summed E-state index contributed by atoms with van der Waals surface area (Å²) in [6.45, 7) is 16.9. The van der Waals surface area contributed by atoms with Crippen LogP contribution in [0, 0.1) is 5.92 Å². The van der Waals surface area contributed by atoms with Gasteiger partial charge in [-0.25, -0.2) is 0 Å². The van der Waals surface area contributed by atoms with E-state index in [4.69, 9.17) is 11.5 Å². The number of fused-ring (bicyclic) bond motifs is 2. The summed E-state index contributed by atoms with van der Waals surface area (Å²) in [6.07, 6.45) is 9.10. The van der Waals surface area contributed by atoms with E-state index >= 15 is 0 Å². The van der Waals surface area contributed by atoms with Crippen molar-refractivity contribution in [2.24, 2.45) is 21.6 Å². The van der Waals surface area contributed by atoms with E-state index in [-0.39, 0.29) is 0 Å². The lowest BCUT2D eigenvalue weighted by atomic mass is 9.99. The summed E-state index contributed by atoms with van der Waals surface area (Å²) in [5.41, 5.74) is 18.4. The number of nitrogens with two attached hydrogens (primary N) is 2. The highest BCUT2D eigenvalue weighted by atomic mass is 32.2. The highest BCUT2D eigenvalue weighted by Crippen LogP contribution is 2.38. The van der Waals surface area contributed by atoms with Crippen molar-refractivity contribution in [3.8, 4) is 0 Å². The van der Waals surface area contributed by atoms with Crippen molar-refractivity contribution in [3.63, 3.8) is 0 Å². The molecule has 0 amide bonds. The van der Waals surface area contributed by atoms with Gasteiger partial charge < -0.3 is 16.6 Å². The Balaban J connectivity index is 0.000000468. The van der Waals surface area contributed by atoms with Crippen molar-refractivity contribution in [1.29, 1.82) is 0 Å². The minimum absolute atomic E-state index is 0.763. The third-order valence-corrected chi connectivity index (χ3v) is 6.23. The molecule has 5 N–H and O–H groups in total. The molecule has 6 heteroatoms. The molecule has 0 aromatic heterocycles. The number of anilines is 1. The van der Waals surface area contributed by atoms with Gasteiger partial charge in [0.05, 0.1) is 17.8 Å². The van der Waals surface area contributed by atoms with Gasteiger partial charge in [-0.2, -0.15) is 0 Å². The number of nitrogen functional groups attached to an aromatic ring is 1. The Labute approximate surface area is 200 Å². The summed E-state index contributed by atoms with van der Waals surface area (Å²) in [6, 6.07) is 2.43. The van der Waals surface area contributed by atoms with Gasteiger partial charge in [0.2, 0.25) is 0 Å². The fourth-order valence-electron chi connectivity index (χ4n) is 3.59. The third kappa shape index (κ3) is 10.2. The first-order valence-electron chi connectivity index (χ1n) is 11.7. The Morgan fingerprint density at radius 2 is 1.91 bits per heavy atom. The zero-order valence-electron chi connectivity index (χ0n) is 21.4. The molecular weight excluding hydrogens is 416 g/mol. The van der Waals surface area contributed by atoms with Gasteiger partial charge in [-0.1, -0.05) is 33.8 Å². The first-order chi connectivity index (χ1) is 15.1. The molecule has 0 fully saturated rings. The topological polar surface area (TPSA) is 97.0 Å². The van der Waals surface area contributed by atoms with Gasteiger partial charge in [0, 0.05) is 11.9 Å². The summed E-state index contributed by atoms with van der Waals surface area (Å²) in [5, 5.41) is 9.26. The van der Waals surface area contributed by atoms with Crippen molar-refractivity contribution < 1.29 is 5.11 Å². The van der Waals surface area contributed by atoms with Crippen LogP contribution in [0.25, 0.3) is 0 Å². The van der Waals surface area contributed by atoms with E-state index < -0.39 is 5.60 Å². The molecule has 1 aromatic carbocycles. The lowest BCUT2D eigenvalue weighted by Gasteiger charge is -2.16. The Kier molecular flexibility index (Phi) is 15.0. The second kappa shape index (κ2) is 15.9. The Morgan fingerprint density at radius 1 is 1.25 bits per heavy atom. The summed E-state index contributed by atoms with van der Waals surface area (Å²) in [4.78, 5) is 7.31. The molecule has 5 nitrogen and oxygen atoms in total. The van der Waals surface area contributed by atoms with E-state index in [0.717, 1.165) is 28.8 Å². The van der Waals surface area contributed by atoms with Crippen LogP contribution in [0.1, 0.15) is 77.1 Å². The lowest BCUT2D eigenvalue weighted by molar-refractivity contribution is 0.119. The van der Waals surface area contributed by atoms with Crippen molar-refractivity contribution in [3.05, 3.63) is 40.1 Å². The largest absolute Gasteiger partial charge is 0.398 e. The number of rotatable bonds is 5. The molecule has 1 aromatic rings. The zero-order chi connectivity index (χ0) is 24.7. The number of hydrogen-bond donors (Lipinski definition) is 3. The predicted molar refractivity (Wildman–Crippen MR) is 146 cm³/mol. The Hall–Kier alpha value is -1.79. The van der Waals surface area contributed by atoms with Crippen LogP contribution in [-0.4, -0.2) is 35.4 Å². The van der Waals surface area contributed by atoms with Crippen molar-refractivity contribution in [2.45, 2.75) is 86.2 Å². The number of thioether (sulfide) groups is 1. The number of benzene rings is 1. The van der Waals surface area contributed by atoms with Crippen LogP contribution in [-0.2, 0) is 25.7 Å². The average molecular weight is 463 g/mol. The van der Waals surface area contributed by atoms with Crippen LogP contribution in [0.3, 0.4) is 0 Å². The minimum Gasteiger partial charge on any atom is -0.398 e. The van der Waals surface area contributed by atoms with Crippen LogP contribution >= 0.6 is 11.8 Å². The molecule has 0 saturated carbocycles. The molecule has 1 atom stereocenters. The maximum Gasteiger partial charge on any atom is 0.0860 e. The monoisotopic (exact) mass is 462 g/mol. The molecule has 3 rings (SSSR count). The maximum atomic E-state index is 9.26. The van der Waals surface area contributed by atoms with Crippen LogP contribution in [0.5, 0.6) is 0 Å². The molecule has 2 aliphatic rings. The van der Waals surface area contributed by atoms with E-state index in [9.17, 15) is 5.11 Å². The summed E-state index contributed by atoms with van der Waals surface area (Å²) < 4.78 is 0. The third-order valence-electron chi connectivity index (χ3n) is 5.49. The molecular formula is C26H46N4OS. The van der Waals surface area contributed by atoms with Gasteiger partial charge in [-0.3, -0.25) is 9.98 Å². The van der Waals surface area contributed by atoms with Gasteiger partial charge in [-0.15, -0.1) is 11.8 Å². The van der Waals surface area contributed by atoms with Crippen molar-refractivity contribution in [2.75, 3.05) is 17.4 Å². The number of aryl methyl sites for hydroxylation is 1. The van der Waals surface area contributed by atoms with E-state index in [0.29, 0.717) is 0 Å². The van der Waals surface area contributed by atoms with Crippen molar-refractivity contribution >= 4 is 30.5 Å². The molecule has 1 unspecified atom stereocenters. The molecule has 0 radical (unpaired) electrons. The standard InChI is InChI=1S/C13H17N.C7H13NO.C4H10N2S.C2H6/c1-8-5-10-7-9-3-2-4-11(9)13(14)12(10)6-8;1-6(5-8-4)7(2,3)9;1-2-7-4-6-3-5;1-2/h7-8H,2-6,14H2,1H3;5,9H,4H2,1-3H3;3H,2,4H2,1H3,(H2,5,6);1-2H3/b;6-5+;;. The lowest BCUT2D eigenvalue weighted by Crippen LogP contribution is -2.19. The molecule has 0 bridgehead atoms. The maximum absolute atomic E-state index is 9.26. The molecule has 0 saturated heterocycles. The second-order valence-electron chi connectivity index (χ2n) is 8.44. The van der Waals surface area contributed by atoms with Crippen LogP contribution in [0.4, 0.5) is 5.69 Å². The zero-order valence-corrected chi connectivity index (χ0v) is 22.2. The van der Waals surface area contributed by atoms with Crippen LogP contribution in [0.15, 0.2) is 27.8 Å². The average Bonchev–Trinajstić information content (AvgIpc) is 3.37. The van der Waals surface area contributed by atoms with Crippen LogP contribution in [0.2, 0.25) is 0 Å². The highest BCUT2D eigenvalue weighted by molar-refractivity contribution is 7.99. The van der Waals surface area contributed by atoms with Crippen molar-refractivity contribution in [1.82, 2.24) is 0 Å². The van der Waals surface area contributed by atoms with Gasteiger partial charge in [0.1, 0.15) is 0 Å². The van der Waals surface area contributed by atoms with Gasteiger partial charge in [0.15, 0.2) is 0 Å². The number of nitrogens with zero attached hydrogens (tertiary/aromatic N) is 2. The van der Waals surface area contributed by atoms with E-state index in [1.54, 1.807) is 31.8 Å². The predicted octanol–water partition coefficient (Wildman–Crippen LogP) is 5.56. The molecule has 0 aliphatic heterocycles. The molecule has 0 heterocycles. The molecule has 182 valence electrons. The fourth-order valence-corrected chi connectivity index (χ4v) is 3.96. The number of aliphatic imine (C=N–C) groups is 2. The number of hydrogen-bond acceptors (Lipinski definition) is 5. The smallest absolute Gasteiger partial charge is 0.0860 e.